The lowest BCUT2D eigenvalue weighted by Crippen LogP contribution is -2.41. The van der Waals surface area contributed by atoms with Crippen LogP contribution >= 0.6 is 101 Å². The quantitative estimate of drug-likeness (QED) is 0.156. The molecule has 0 saturated heterocycles. The van der Waals surface area contributed by atoms with Crippen molar-refractivity contribution in [3.63, 3.8) is 0 Å². The minimum Gasteiger partial charge on any atom is -0.301 e. The lowest BCUT2D eigenvalue weighted by Gasteiger charge is -2.26. The summed E-state index contributed by atoms with van der Waals surface area (Å²) in [5.41, 5.74) is 1.77. The molecule has 6 aromatic rings. The van der Waals surface area contributed by atoms with E-state index >= 15 is 0 Å². The molecule has 53 heavy (non-hydrogen) atoms. The lowest BCUT2D eigenvalue weighted by molar-refractivity contribution is -0.124. The summed E-state index contributed by atoms with van der Waals surface area (Å²) in [4.78, 5) is 39.0. The number of benzene rings is 4. The van der Waals surface area contributed by atoms with Gasteiger partial charge in [0.25, 0.3) is 11.8 Å². The van der Waals surface area contributed by atoms with Crippen molar-refractivity contribution >= 4 is 136 Å². The molecule has 0 saturated carbocycles. The number of imidazole rings is 2. The van der Waals surface area contributed by atoms with Gasteiger partial charge in [0.15, 0.2) is 0 Å². The van der Waals surface area contributed by atoms with Crippen molar-refractivity contribution in [3.05, 3.63) is 147 Å². The largest absolute Gasteiger partial charge is 0.301 e. The maximum atomic E-state index is 13.6. The summed E-state index contributed by atoms with van der Waals surface area (Å²) in [6, 6.07) is 26.1. The van der Waals surface area contributed by atoms with Crippen molar-refractivity contribution in [3.8, 4) is 0 Å². The summed E-state index contributed by atoms with van der Waals surface area (Å²) in [6.07, 6.45) is 6.39. The number of rotatable bonds is 6. The number of hydrogen-bond donors (Lipinski definition) is 0. The van der Waals surface area contributed by atoms with Crippen LogP contribution in [0.5, 0.6) is 0 Å². The fraction of sp³-hybridized carbons (Fsp3) is 0.158. The fourth-order valence-electron chi connectivity index (χ4n) is 6.76. The molecule has 0 fully saturated rings. The van der Waals surface area contributed by atoms with Crippen molar-refractivity contribution in [2.45, 2.75) is 37.8 Å². The molecule has 0 unspecified atom stereocenters. The van der Waals surface area contributed by atoms with Crippen LogP contribution in [0.15, 0.2) is 112 Å². The molecular weight excluding hydrogens is 1000 g/mol. The van der Waals surface area contributed by atoms with Crippen LogP contribution in [-0.2, 0) is 33.5 Å². The van der Waals surface area contributed by atoms with Gasteiger partial charge in [-0.25, -0.2) is 19.8 Å². The van der Waals surface area contributed by atoms with E-state index in [4.69, 9.17) is 46.4 Å². The van der Waals surface area contributed by atoms with Gasteiger partial charge in [-0.15, -0.1) is 0 Å². The van der Waals surface area contributed by atoms with Gasteiger partial charge in [-0.1, -0.05) is 103 Å². The number of fused-ring (bicyclic) bond motifs is 2. The summed E-state index contributed by atoms with van der Waals surface area (Å²) in [5.74, 6) is 1.00. The zero-order valence-electron chi connectivity index (χ0n) is 27.9. The van der Waals surface area contributed by atoms with Crippen LogP contribution in [0.2, 0.25) is 20.1 Å². The summed E-state index contributed by atoms with van der Waals surface area (Å²) in [6.45, 7) is 3.87. The topological polar surface area (TPSA) is 76.3 Å². The zero-order chi connectivity index (χ0) is 37.8. The highest BCUT2D eigenvalue weighted by Gasteiger charge is 2.50. The molecule has 2 aromatic heterocycles. The number of carbonyl (C=O) groups is 2. The van der Waals surface area contributed by atoms with Crippen LogP contribution in [0.4, 0.5) is 23.3 Å². The molecule has 15 heteroatoms. The van der Waals surface area contributed by atoms with Crippen molar-refractivity contribution in [2.24, 2.45) is 0 Å². The number of anilines is 4. The van der Waals surface area contributed by atoms with Gasteiger partial charge in [0.2, 0.25) is 11.9 Å². The second-order valence-electron chi connectivity index (χ2n) is 13.0. The van der Waals surface area contributed by atoms with Gasteiger partial charge in [-0.3, -0.25) is 14.2 Å². The molecule has 0 spiro atoms. The first kappa shape index (κ1) is 38.4. The normalized spacial score (nSPS) is 19.0. The average molecular weight is 1030 g/mol. The van der Waals surface area contributed by atoms with Gasteiger partial charge < -0.3 is 4.57 Å². The fourth-order valence-corrected chi connectivity index (χ4v) is 9.21. The summed E-state index contributed by atoms with van der Waals surface area (Å²) < 4.78 is 6.79. The molecule has 2 aliphatic heterocycles. The first-order chi connectivity index (χ1) is 25.2. The number of aromatic nitrogens is 4. The van der Waals surface area contributed by atoms with E-state index in [0.717, 1.165) is 23.8 Å². The van der Waals surface area contributed by atoms with E-state index in [9.17, 15) is 9.59 Å². The Kier molecular flexibility index (Phi) is 10.8. The van der Waals surface area contributed by atoms with E-state index in [-0.39, 0.29) is 11.8 Å². The Bertz CT molecular complexity index is 2350. The van der Waals surface area contributed by atoms with Crippen molar-refractivity contribution in [1.82, 2.24) is 19.1 Å². The molecule has 2 aliphatic rings. The van der Waals surface area contributed by atoms with Gasteiger partial charge in [0.05, 0.1) is 17.6 Å². The lowest BCUT2D eigenvalue weighted by atomic mass is 9.92. The Balaban J connectivity index is 0.000000164. The molecule has 0 N–H and O–H groups in total. The number of amides is 2. The van der Waals surface area contributed by atoms with E-state index in [1.165, 1.54) is 0 Å². The molecular formula is C38H27Br2Cl4IN6O2. The predicted octanol–water partition coefficient (Wildman–Crippen LogP) is 11.8. The van der Waals surface area contributed by atoms with E-state index in [1.807, 2.05) is 77.7 Å². The molecule has 4 aromatic carbocycles. The minimum absolute atomic E-state index is 0.0650. The van der Waals surface area contributed by atoms with Gasteiger partial charge in [-0.05, 0) is 108 Å². The first-order valence-electron chi connectivity index (χ1n) is 16.1. The number of carbonyl (C=O) groups excluding carboxylic acids is 2. The van der Waals surface area contributed by atoms with Gasteiger partial charge in [-0.2, -0.15) is 0 Å². The Morgan fingerprint density at radius 2 is 1.08 bits per heavy atom. The summed E-state index contributed by atoms with van der Waals surface area (Å²) >= 11 is 33.7. The molecule has 270 valence electrons. The van der Waals surface area contributed by atoms with E-state index in [2.05, 4.69) is 64.4 Å². The van der Waals surface area contributed by atoms with Crippen LogP contribution in [0.25, 0.3) is 0 Å². The highest BCUT2D eigenvalue weighted by molar-refractivity contribution is 14.1. The van der Waals surface area contributed by atoms with Crippen molar-refractivity contribution in [1.29, 1.82) is 0 Å². The van der Waals surface area contributed by atoms with Gasteiger partial charge in [0.1, 0.15) is 14.8 Å². The van der Waals surface area contributed by atoms with E-state index in [0.29, 0.717) is 56.2 Å². The number of halogens is 7. The molecule has 8 nitrogen and oxygen atoms in total. The van der Waals surface area contributed by atoms with Crippen molar-refractivity contribution in [2.75, 3.05) is 9.80 Å². The summed E-state index contributed by atoms with van der Waals surface area (Å²) in [7, 11) is 0. The first-order valence-corrected chi connectivity index (χ1v) is 20.2. The monoisotopic (exact) mass is 1020 g/mol. The highest BCUT2D eigenvalue weighted by atomic mass is 127. The van der Waals surface area contributed by atoms with Gasteiger partial charge >= 0.3 is 0 Å². The second kappa shape index (κ2) is 15.0. The Labute approximate surface area is 356 Å². The highest BCUT2D eigenvalue weighted by Crippen LogP contribution is 2.44. The van der Waals surface area contributed by atoms with Crippen LogP contribution in [0.1, 0.15) is 25.0 Å². The Morgan fingerprint density at radius 3 is 1.57 bits per heavy atom. The molecule has 0 aliphatic carbocycles. The van der Waals surface area contributed by atoms with E-state index in [1.54, 1.807) is 58.6 Å². The smallest absolute Gasteiger partial charge is 0.260 e. The number of hydrogen-bond acceptors (Lipinski definition) is 4. The Hall–Kier alpha value is -2.91. The SMILES string of the molecule is C[C@@]1(Cc2ccc(Br)cc2)C(=O)N(c2cc(Cl)cc(Cl)c2)c2ncc(I)n21.C[C@@]1(Cc2ccc(Br)cc2)C(=O)N(c2cc(Cl)cc(Cl)c2)c2nccn21. The third-order valence-corrected chi connectivity index (χ3v) is 11.9. The van der Waals surface area contributed by atoms with Crippen molar-refractivity contribution < 1.29 is 9.59 Å². The Morgan fingerprint density at radius 1 is 0.642 bits per heavy atom. The van der Waals surface area contributed by atoms with Gasteiger partial charge in [0, 0.05) is 54.3 Å². The second-order valence-corrected chi connectivity index (χ2v) is 17.7. The van der Waals surface area contributed by atoms with Crippen LogP contribution in [-0.4, -0.2) is 30.9 Å². The van der Waals surface area contributed by atoms with Crippen LogP contribution < -0.4 is 9.80 Å². The molecule has 2 amide bonds. The third kappa shape index (κ3) is 7.30. The average Bonchev–Trinajstić information content (AvgIpc) is 3.82. The minimum atomic E-state index is -0.801. The molecule has 2 atom stereocenters. The maximum absolute atomic E-state index is 13.6. The predicted molar refractivity (Wildman–Crippen MR) is 227 cm³/mol. The number of nitrogens with zero attached hydrogens (tertiary/aromatic N) is 6. The third-order valence-electron chi connectivity index (χ3n) is 9.21. The zero-order valence-corrected chi connectivity index (χ0v) is 36.2. The van der Waals surface area contributed by atoms with Crippen LogP contribution in [0, 0.1) is 3.70 Å². The van der Waals surface area contributed by atoms with E-state index < -0.39 is 11.1 Å². The summed E-state index contributed by atoms with van der Waals surface area (Å²) in [5, 5.41) is 1.89. The molecule has 0 radical (unpaired) electrons. The molecule has 4 heterocycles. The maximum Gasteiger partial charge on any atom is 0.260 e. The van der Waals surface area contributed by atoms with Crippen LogP contribution in [0.3, 0.4) is 0 Å². The molecule has 0 bridgehead atoms. The standard InChI is InChI=1S/C19H13BrCl2IN3O.C19H14BrCl2N3O/c1-19(9-11-2-4-12(20)5-3-11)17(27)25(18-24-10-16(23)26(18)19)15-7-13(21)6-14(22)8-15;1-19(11-12-2-4-13(20)5-3-12)17(26)25(18-23-6-7-24(18)19)16-9-14(21)8-15(22)10-16/h2-8,10H,9H2,1H3;2-10H,11H2,1H3/t2*19-/m11/s1. The molecule has 8 rings (SSSR count).